The maximum atomic E-state index is 13.3. The molecule has 5 aromatic heterocycles. The van der Waals surface area contributed by atoms with Gasteiger partial charge in [0.1, 0.15) is 61.1 Å². The van der Waals surface area contributed by atoms with Crippen molar-refractivity contribution in [3.05, 3.63) is 233 Å². The van der Waals surface area contributed by atoms with E-state index in [9.17, 15) is 111 Å². The molecule has 3 unspecified atom stereocenters. The minimum Gasteiger partial charge on any atom is -1.00 e. The third-order valence-electron chi connectivity index (χ3n) is 15.6. The topological polar surface area (TPSA) is 434 Å². The van der Waals surface area contributed by atoms with Crippen LogP contribution < -0.4 is 326 Å². The number of Topliss-reactive ketones (excluding diaryl/α,β-unsaturated/α-hetero) is 2. The van der Waals surface area contributed by atoms with Crippen LogP contribution in [0.1, 0.15) is 95.2 Å². The number of aliphatic hydroxyl groups excluding tert-OH is 1. The van der Waals surface area contributed by atoms with Crippen LogP contribution in [0.5, 0.6) is 28.7 Å². The van der Waals surface area contributed by atoms with Gasteiger partial charge in [-0.15, -0.1) is 0 Å². The molecule has 10 aromatic rings. The van der Waals surface area contributed by atoms with Crippen LogP contribution in [-0.4, -0.2) is 175 Å². The molecule has 0 bridgehead atoms. The number of alkyl halides is 16. The fraction of sp³-hybridized carbons (Fsp3) is 0.270. The Morgan fingerprint density at radius 3 is 1.23 bits per heavy atom. The van der Waals surface area contributed by atoms with Gasteiger partial charge < -0.3 is 79.9 Å². The Labute approximate surface area is 1040 Å². The van der Waals surface area contributed by atoms with E-state index in [2.05, 4.69) is 96.8 Å². The van der Waals surface area contributed by atoms with E-state index < -0.39 is 170 Å². The monoisotopic (exact) mass is 2480 g/mol. The van der Waals surface area contributed by atoms with E-state index in [1.54, 1.807) is 14.1 Å². The first-order valence-electron chi connectivity index (χ1n) is 34.8. The molecule has 6 heterocycles. The summed E-state index contributed by atoms with van der Waals surface area (Å²) in [7, 11) is 3.55. The number of halogens is 26. The summed E-state index contributed by atoms with van der Waals surface area (Å²) < 4.78 is 309. The summed E-state index contributed by atoms with van der Waals surface area (Å²) in [6, 6.07) is 9.37. The second-order valence-electron chi connectivity index (χ2n) is 24.3. The Kier molecular flexibility index (Phi) is 68.9. The predicted octanol–water partition coefficient (Wildman–Crippen LogP) is 1.10. The summed E-state index contributed by atoms with van der Waals surface area (Å²) in [4.78, 5) is 84.6. The van der Waals surface area contributed by atoms with Gasteiger partial charge in [-0.3, -0.25) is 23.4 Å². The van der Waals surface area contributed by atoms with Crippen LogP contribution in [0.25, 0.3) is 0 Å². The second kappa shape index (κ2) is 67.5. The molecule has 0 amide bonds. The third kappa shape index (κ3) is 48.2. The van der Waals surface area contributed by atoms with E-state index in [1.807, 2.05) is 0 Å². The number of ether oxygens (including phenoxy) is 4. The van der Waals surface area contributed by atoms with Crippen LogP contribution in [0.3, 0.4) is 0 Å². The minimum absolute atomic E-state index is 0. The van der Waals surface area contributed by atoms with Crippen LogP contribution in [0.4, 0.5) is 117 Å². The zero-order valence-electron chi connectivity index (χ0n) is 75.2. The summed E-state index contributed by atoms with van der Waals surface area (Å²) in [6.45, 7) is -2.31. The Bertz CT molecular complexity index is 5740. The van der Waals surface area contributed by atoms with Crippen molar-refractivity contribution >= 4 is 146 Å². The van der Waals surface area contributed by atoms with E-state index in [0.717, 1.165) is 66.9 Å². The molecular weight excluding hydrogens is 2420 g/mol. The van der Waals surface area contributed by atoms with Crippen LogP contribution >= 0.6 is 73.9 Å². The number of aliphatic hydroxyl groups is 1. The molecule has 0 aliphatic carbocycles. The van der Waals surface area contributed by atoms with Crippen LogP contribution in [0.15, 0.2) is 122 Å². The first kappa shape index (κ1) is 142. The van der Waals surface area contributed by atoms with Gasteiger partial charge in [0.05, 0.1) is 76.4 Å². The van der Waals surface area contributed by atoms with Crippen LogP contribution in [0, 0.1) is 29.1 Å². The summed E-state index contributed by atoms with van der Waals surface area (Å²) in [5, 5.41) is 46.1. The second-order valence-corrected chi connectivity index (χ2v) is 28.2. The normalized spacial score (nSPS) is 12.0. The van der Waals surface area contributed by atoms with Crippen molar-refractivity contribution in [2.45, 2.75) is 56.6 Å². The number of anilines is 5. The molecule has 0 saturated heterocycles. The minimum atomic E-state index is -4.95. The molecule has 65 heteroatoms. The average molecular weight is 2480 g/mol. The van der Waals surface area contributed by atoms with Crippen LogP contribution in [0.2, 0.25) is 26.4 Å². The number of nitrogens with one attached hydrogen (secondary N) is 4. The smallest absolute Gasteiger partial charge is 1.00 e. The summed E-state index contributed by atoms with van der Waals surface area (Å²) in [5.74, 6) is -5.43. The molecule has 0 fully saturated rings. The van der Waals surface area contributed by atoms with Crippen molar-refractivity contribution in [1.82, 2.24) is 49.8 Å². The number of nitrogens with zero attached hydrogens (tertiary/aromatic N) is 11. The number of likely N-dealkylation sites (N-methyl/N-ethyl adjacent to an activating group) is 1. The SMILES string of the molecule is C.CN1c2nc(Cl)ncc2OCC1c1ccc(F)cc1C(F)(F)F.CNc1nc(Cl)ncc1O.CNc1nc(Cl)ncc1OCC(=O)c1ccc(F)cc1C(F)(F)F.CNc1nc(Cl)ncc1OCC(O)c1ccc(F)cc1C(F)(F)F.CNc1nc(Cl)ncc1OCC(OS(C)(=O)=O)c1ccc(F)cc1C(F)(F)F.O=C(CBr)c1ccc(F)cc1C(F)(F)F.O=CO[O-].O=CO[O-].[B].[Cs+].[Cs+].[H-].[H-].[H-].[K+].[K+].[Na+]. The van der Waals surface area contributed by atoms with E-state index in [1.165, 1.54) is 50.8 Å². The standard InChI is InChI=1S/C15H14ClF4N3O4S.C14H12ClF4N3O2.C14H10ClF4N3O2.C14H10ClF4N3O.C9H5BrF4O.C5H6ClN3O.2CH2O3.CH4.B.2Cs.2K.Na.3H/c1-21-13-11(6-22-14(16)23-13)26-7-12(27-28(2,24)25)9-4-3-8(17)5-10(9)15(18,19)20;2*1-20-12-11(5-21-13(15)22-12)24-6-10(23)8-3-2-7(16)4-9(8)14(17,18)19;1-22-10(6-23-11-5-20-13(15)21-12(11)22)8-3-2-7(16)4-9(8)14(17,18)19;10-4-8(15)6-2-1-5(11)3-7(6)9(12,13)14;1-7-4-3(10)2-8-5(6)9-4;2*2-1-4-3;;;;;;;;;;/h3-6,12H,7H2,1-2H3,(H,21,22,23);2-5,10,23H,6H2,1H3,(H,20,21,22);2-5H,6H2,1H3,(H,20,21,22);2-5,10H,6H2,1H3;1-3H,4H2;2,10H,1H3,(H,7,8,9);2*1,3H;1H4;;;;;;;;;/q;;;;;;;;;;5*+1;3*-1/p-2. The number of rotatable bonds is 23. The number of aromatic hydroxyl groups is 1. The van der Waals surface area contributed by atoms with E-state index in [0.29, 0.717) is 36.0 Å². The van der Waals surface area contributed by atoms with Gasteiger partial charge >= 0.3 is 301 Å². The zero-order valence-corrected chi connectivity index (χ0v) is 99.2. The zero-order chi connectivity index (χ0) is 99.7. The van der Waals surface area contributed by atoms with E-state index >= 15 is 0 Å². The molecule has 5 aromatic carbocycles. The molecule has 735 valence electrons. The number of ketones is 2. The van der Waals surface area contributed by atoms with Gasteiger partial charge in [-0.1, -0.05) is 41.6 Å². The first-order valence-corrected chi connectivity index (χ1v) is 39.6. The summed E-state index contributed by atoms with van der Waals surface area (Å²) in [6.07, 6.45) is -20.6. The molecule has 0 saturated carbocycles. The van der Waals surface area contributed by atoms with Crippen molar-refractivity contribution in [1.29, 1.82) is 0 Å². The number of hydrogen-bond donors (Lipinski definition) is 6. The number of hydrogen-bond acceptors (Lipinski definition) is 32. The molecule has 32 nitrogen and oxygen atoms in total. The molecule has 11 rings (SSSR count). The number of fused-ring (bicyclic) bond motifs is 1. The van der Waals surface area contributed by atoms with Gasteiger partial charge in [0, 0.05) is 54.8 Å². The van der Waals surface area contributed by atoms with Gasteiger partial charge in [0.2, 0.25) is 32.2 Å². The Morgan fingerprint density at radius 2 is 0.856 bits per heavy atom. The average Bonchev–Trinajstić information content (AvgIpc) is 0.756. The first-order chi connectivity index (χ1) is 61.5. The fourth-order valence-corrected chi connectivity index (χ4v) is 11.7. The molecule has 3 radical (unpaired) electrons. The summed E-state index contributed by atoms with van der Waals surface area (Å²) in [5.41, 5.74) is -8.71. The molecule has 139 heavy (non-hydrogen) atoms. The maximum absolute atomic E-state index is 13.3. The quantitative estimate of drug-likeness (QED) is 0.00601. The van der Waals surface area contributed by atoms with Crippen molar-refractivity contribution in [2.24, 2.45) is 0 Å². The molecule has 1 aliphatic heterocycles. The third-order valence-corrected chi connectivity index (χ3v) is 17.6. The van der Waals surface area contributed by atoms with Gasteiger partial charge in [-0.05, 0) is 147 Å². The maximum Gasteiger partial charge on any atom is 1.00 e. The van der Waals surface area contributed by atoms with Gasteiger partial charge in [0.15, 0.2) is 70.2 Å². The Balaban J connectivity index is -0.000000304. The van der Waals surface area contributed by atoms with Crippen LogP contribution in [-0.2, 0) is 64.5 Å². The van der Waals surface area contributed by atoms with Crippen molar-refractivity contribution in [3.8, 4) is 28.7 Å². The summed E-state index contributed by atoms with van der Waals surface area (Å²) >= 11 is 30.8. The van der Waals surface area contributed by atoms with Crippen molar-refractivity contribution in [2.75, 3.05) is 99.4 Å². The molecule has 3 atom stereocenters. The van der Waals surface area contributed by atoms with Gasteiger partial charge in [0.25, 0.3) is 23.1 Å². The number of carbonyl (C=O) groups is 4. The van der Waals surface area contributed by atoms with E-state index in [-0.39, 0.29) is 405 Å². The van der Waals surface area contributed by atoms with Crippen molar-refractivity contribution in [3.63, 3.8) is 0 Å². The molecular formula is C74H66BBrCl5Cs2F20K2N15NaO17S. The fourth-order valence-electron chi connectivity index (χ4n) is 10.1. The number of aromatic nitrogens is 10. The molecule has 6 N–H and O–H groups in total. The van der Waals surface area contributed by atoms with Gasteiger partial charge in [-0.25, -0.2) is 46.9 Å². The van der Waals surface area contributed by atoms with E-state index in [4.69, 9.17) is 106 Å². The number of carbonyl (C=O) groups excluding carboxylic acids is 4. The Morgan fingerprint density at radius 1 is 0.532 bits per heavy atom. The molecule has 0 spiro atoms. The van der Waals surface area contributed by atoms with Crippen molar-refractivity contribution < 1.29 is 443 Å². The Hall–Kier alpha value is -3.46. The predicted molar refractivity (Wildman–Crippen MR) is 441 cm³/mol. The largest absolute Gasteiger partial charge is 1.00 e. The number of benzene rings is 5. The molecule has 1 aliphatic rings. The van der Waals surface area contributed by atoms with Gasteiger partial charge in [-0.2, -0.15) is 99.2 Å².